The molecular weight excluding hydrogens is 144 g/mol. The molecule has 0 atom stereocenters. The SMILES string of the molecule is Cc1cnc(CC(=O)O)n1C. The smallest absolute Gasteiger partial charge is 0.311 e. The maximum Gasteiger partial charge on any atom is 0.311 e. The van der Waals surface area contributed by atoms with E-state index in [0.29, 0.717) is 5.82 Å². The molecule has 0 saturated carbocycles. The van der Waals surface area contributed by atoms with Gasteiger partial charge < -0.3 is 9.67 Å². The van der Waals surface area contributed by atoms with Crippen molar-refractivity contribution in [2.75, 3.05) is 0 Å². The van der Waals surface area contributed by atoms with Gasteiger partial charge in [-0.2, -0.15) is 0 Å². The molecule has 0 aliphatic rings. The summed E-state index contributed by atoms with van der Waals surface area (Å²) in [4.78, 5) is 14.2. The molecule has 60 valence electrons. The number of carbonyl (C=O) groups is 1. The van der Waals surface area contributed by atoms with Gasteiger partial charge in [-0.05, 0) is 6.92 Å². The highest BCUT2D eigenvalue weighted by Crippen LogP contribution is 2.01. The van der Waals surface area contributed by atoms with Gasteiger partial charge in [-0.25, -0.2) is 4.98 Å². The van der Waals surface area contributed by atoms with Crippen molar-refractivity contribution >= 4 is 5.97 Å². The van der Waals surface area contributed by atoms with E-state index in [-0.39, 0.29) is 6.42 Å². The number of carboxylic acids is 1. The Labute approximate surface area is 64.5 Å². The molecule has 1 aromatic rings. The monoisotopic (exact) mass is 154 g/mol. The zero-order valence-electron chi connectivity index (χ0n) is 6.53. The Balaban J connectivity index is 2.87. The van der Waals surface area contributed by atoms with E-state index in [1.54, 1.807) is 17.8 Å². The number of carboxylic acid groups (broad SMARTS) is 1. The topological polar surface area (TPSA) is 55.1 Å². The highest BCUT2D eigenvalue weighted by molar-refractivity contribution is 5.69. The minimum absolute atomic E-state index is 0.00958. The number of nitrogens with zero attached hydrogens (tertiary/aromatic N) is 2. The molecule has 0 aliphatic carbocycles. The quantitative estimate of drug-likeness (QED) is 0.669. The standard InChI is InChI=1S/C7H10N2O2/c1-5-4-8-6(9(5)2)3-7(10)11/h4H,3H2,1-2H3,(H,10,11). The fourth-order valence-electron chi connectivity index (χ4n) is 0.844. The van der Waals surface area contributed by atoms with Gasteiger partial charge in [0.15, 0.2) is 0 Å². The van der Waals surface area contributed by atoms with Crippen molar-refractivity contribution in [2.24, 2.45) is 7.05 Å². The van der Waals surface area contributed by atoms with E-state index in [4.69, 9.17) is 5.11 Å². The molecule has 1 rings (SSSR count). The normalized spacial score (nSPS) is 10.0. The highest BCUT2D eigenvalue weighted by atomic mass is 16.4. The van der Waals surface area contributed by atoms with Crippen molar-refractivity contribution < 1.29 is 9.90 Å². The molecule has 0 bridgehead atoms. The Bertz CT molecular complexity index is 278. The Morgan fingerprint density at radius 2 is 2.45 bits per heavy atom. The van der Waals surface area contributed by atoms with Crippen molar-refractivity contribution in [1.29, 1.82) is 0 Å². The van der Waals surface area contributed by atoms with Crippen LogP contribution in [0, 0.1) is 6.92 Å². The minimum atomic E-state index is -0.848. The lowest BCUT2D eigenvalue weighted by molar-refractivity contribution is -0.136. The van der Waals surface area contributed by atoms with Crippen LogP contribution in [-0.4, -0.2) is 20.6 Å². The molecule has 11 heavy (non-hydrogen) atoms. The highest BCUT2D eigenvalue weighted by Gasteiger charge is 2.06. The average Bonchev–Trinajstić information content (AvgIpc) is 2.18. The van der Waals surface area contributed by atoms with E-state index in [1.807, 2.05) is 6.92 Å². The molecule has 4 heteroatoms. The van der Waals surface area contributed by atoms with Crippen LogP contribution >= 0.6 is 0 Å². The first-order valence-electron chi connectivity index (χ1n) is 3.30. The number of aromatic nitrogens is 2. The van der Waals surface area contributed by atoms with Gasteiger partial charge in [0.1, 0.15) is 12.2 Å². The zero-order valence-corrected chi connectivity index (χ0v) is 6.53. The number of aliphatic carboxylic acids is 1. The van der Waals surface area contributed by atoms with Gasteiger partial charge in [0.25, 0.3) is 0 Å². The van der Waals surface area contributed by atoms with Crippen LogP contribution in [0.25, 0.3) is 0 Å². The van der Waals surface area contributed by atoms with Crippen molar-refractivity contribution in [3.8, 4) is 0 Å². The predicted molar refractivity (Wildman–Crippen MR) is 39.3 cm³/mol. The van der Waals surface area contributed by atoms with Crippen molar-refractivity contribution in [1.82, 2.24) is 9.55 Å². The molecular formula is C7H10N2O2. The van der Waals surface area contributed by atoms with Gasteiger partial charge >= 0.3 is 5.97 Å². The van der Waals surface area contributed by atoms with Crippen LogP contribution in [0.5, 0.6) is 0 Å². The third-order valence-corrected chi connectivity index (χ3v) is 1.63. The fraction of sp³-hybridized carbons (Fsp3) is 0.429. The summed E-state index contributed by atoms with van der Waals surface area (Å²) < 4.78 is 1.77. The maximum atomic E-state index is 10.3. The summed E-state index contributed by atoms with van der Waals surface area (Å²) in [7, 11) is 1.81. The van der Waals surface area contributed by atoms with Gasteiger partial charge in [-0.1, -0.05) is 0 Å². The summed E-state index contributed by atoms with van der Waals surface area (Å²) in [5, 5.41) is 8.45. The van der Waals surface area contributed by atoms with E-state index in [1.165, 1.54) is 0 Å². The van der Waals surface area contributed by atoms with Gasteiger partial charge in [-0.3, -0.25) is 4.79 Å². The molecule has 0 aromatic carbocycles. The zero-order chi connectivity index (χ0) is 8.43. The van der Waals surface area contributed by atoms with Crippen molar-refractivity contribution in [2.45, 2.75) is 13.3 Å². The van der Waals surface area contributed by atoms with Gasteiger partial charge in [0.05, 0.1) is 0 Å². The average molecular weight is 154 g/mol. The number of aryl methyl sites for hydroxylation is 1. The Morgan fingerprint density at radius 1 is 1.82 bits per heavy atom. The van der Waals surface area contributed by atoms with Gasteiger partial charge in [-0.15, -0.1) is 0 Å². The van der Waals surface area contributed by atoms with E-state index in [9.17, 15) is 4.79 Å². The largest absolute Gasteiger partial charge is 0.481 e. The van der Waals surface area contributed by atoms with Crippen molar-refractivity contribution in [3.05, 3.63) is 17.7 Å². The predicted octanol–water partition coefficient (Wildman–Crippen LogP) is 0.356. The number of hydrogen-bond acceptors (Lipinski definition) is 2. The van der Waals surface area contributed by atoms with Crippen LogP contribution in [-0.2, 0) is 18.3 Å². The summed E-state index contributed by atoms with van der Waals surface area (Å²) in [6.07, 6.45) is 1.66. The third kappa shape index (κ3) is 1.58. The summed E-state index contributed by atoms with van der Waals surface area (Å²) in [5.41, 5.74) is 0.973. The molecule has 0 spiro atoms. The van der Waals surface area contributed by atoms with Gasteiger partial charge in [0.2, 0.25) is 0 Å². The molecule has 0 aliphatic heterocycles. The lowest BCUT2D eigenvalue weighted by Gasteiger charge is -1.98. The Morgan fingerprint density at radius 3 is 2.82 bits per heavy atom. The third-order valence-electron chi connectivity index (χ3n) is 1.63. The molecule has 1 heterocycles. The van der Waals surface area contributed by atoms with Crippen LogP contribution < -0.4 is 0 Å². The van der Waals surface area contributed by atoms with Crippen molar-refractivity contribution in [3.63, 3.8) is 0 Å². The first-order valence-corrected chi connectivity index (χ1v) is 3.30. The second kappa shape index (κ2) is 2.74. The summed E-state index contributed by atoms with van der Waals surface area (Å²) in [6.45, 7) is 1.89. The van der Waals surface area contributed by atoms with Crippen LogP contribution in [0.1, 0.15) is 11.5 Å². The summed E-state index contributed by atoms with van der Waals surface area (Å²) >= 11 is 0. The lowest BCUT2D eigenvalue weighted by Crippen LogP contribution is -2.06. The van der Waals surface area contributed by atoms with Crippen LogP contribution in [0.2, 0.25) is 0 Å². The van der Waals surface area contributed by atoms with Gasteiger partial charge in [0, 0.05) is 18.9 Å². The van der Waals surface area contributed by atoms with E-state index < -0.39 is 5.97 Å². The molecule has 0 saturated heterocycles. The van der Waals surface area contributed by atoms with E-state index in [0.717, 1.165) is 5.69 Å². The number of hydrogen-bond donors (Lipinski definition) is 1. The number of imidazole rings is 1. The molecule has 0 unspecified atom stereocenters. The lowest BCUT2D eigenvalue weighted by atomic mass is 10.4. The molecule has 0 radical (unpaired) electrons. The molecule has 0 amide bonds. The first-order chi connectivity index (χ1) is 5.11. The minimum Gasteiger partial charge on any atom is -0.481 e. The second-order valence-corrected chi connectivity index (χ2v) is 2.45. The number of rotatable bonds is 2. The molecule has 4 nitrogen and oxygen atoms in total. The molecule has 0 fully saturated rings. The molecule has 1 N–H and O–H groups in total. The van der Waals surface area contributed by atoms with Crippen LogP contribution in [0.3, 0.4) is 0 Å². The van der Waals surface area contributed by atoms with E-state index in [2.05, 4.69) is 4.98 Å². The Kier molecular flexibility index (Phi) is 1.94. The fourth-order valence-corrected chi connectivity index (χ4v) is 0.844. The molecule has 1 aromatic heterocycles. The first kappa shape index (κ1) is 7.78. The van der Waals surface area contributed by atoms with Crippen LogP contribution in [0.15, 0.2) is 6.20 Å². The second-order valence-electron chi connectivity index (χ2n) is 2.45. The Hall–Kier alpha value is -1.32. The maximum absolute atomic E-state index is 10.3. The summed E-state index contributed by atoms with van der Waals surface area (Å²) in [6, 6.07) is 0. The van der Waals surface area contributed by atoms with E-state index >= 15 is 0 Å². The summed E-state index contributed by atoms with van der Waals surface area (Å²) in [5.74, 6) is -0.256. The van der Waals surface area contributed by atoms with Crippen LogP contribution in [0.4, 0.5) is 0 Å².